The third-order valence-corrected chi connectivity index (χ3v) is 2.95. The molecule has 0 aliphatic carbocycles. The van der Waals surface area contributed by atoms with Crippen molar-refractivity contribution in [3.8, 4) is 0 Å². The van der Waals surface area contributed by atoms with Crippen molar-refractivity contribution in [2.45, 2.75) is 0 Å². The molecule has 1 aromatic heterocycles. The molecule has 1 N–H and O–H groups in total. The predicted octanol–water partition coefficient (Wildman–Crippen LogP) is 3.57. The van der Waals surface area contributed by atoms with Gasteiger partial charge in [-0.25, -0.2) is 0 Å². The fourth-order valence-electron chi connectivity index (χ4n) is 2.18. The maximum Gasteiger partial charge on any atom is 0.235 e. The Morgan fingerprint density at radius 2 is 1.83 bits per heavy atom. The van der Waals surface area contributed by atoms with E-state index in [2.05, 4.69) is 4.98 Å². The van der Waals surface area contributed by atoms with Gasteiger partial charge in [0.05, 0.1) is 10.4 Å². The van der Waals surface area contributed by atoms with Crippen molar-refractivity contribution in [3.05, 3.63) is 64.3 Å². The summed E-state index contributed by atoms with van der Waals surface area (Å²) in [7, 11) is 0. The monoisotopic (exact) mass is 238 g/mol. The minimum absolute atomic E-state index is 0.457. The number of benzene rings is 2. The van der Waals surface area contributed by atoms with E-state index >= 15 is 0 Å². The van der Waals surface area contributed by atoms with Gasteiger partial charge in [0.25, 0.3) is 0 Å². The molecule has 1 heterocycles. The lowest BCUT2D eigenvalue weighted by atomic mass is 10.1. The van der Waals surface area contributed by atoms with Crippen LogP contribution in [-0.2, 0) is 0 Å². The number of aromatic nitrogens is 1. The molecule has 4 nitrogen and oxygen atoms in total. The zero-order valence-corrected chi connectivity index (χ0v) is 9.46. The van der Waals surface area contributed by atoms with Crippen LogP contribution in [0.3, 0.4) is 0 Å². The van der Waals surface area contributed by atoms with Crippen LogP contribution in [0.4, 0.5) is 0 Å². The molecule has 18 heavy (non-hydrogen) atoms. The molecule has 0 spiro atoms. The predicted molar refractivity (Wildman–Crippen MR) is 71.8 cm³/mol. The average molecular weight is 238 g/mol. The number of nitrogens with zero attached hydrogens (tertiary/aromatic N) is 1. The highest BCUT2D eigenvalue weighted by Gasteiger charge is 2.06. The first-order chi connectivity index (χ1) is 8.75. The summed E-state index contributed by atoms with van der Waals surface area (Å²) in [5.74, 6) is 0. The van der Waals surface area contributed by atoms with E-state index in [1.165, 1.54) is 6.08 Å². The van der Waals surface area contributed by atoms with Crippen LogP contribution in [-0.4, -0.2) is 9.91 Å². The Bertz CT molecular complexity index is 772. The van der Waals surface area contributed by atoms with Crippen LogP contribution >= 0.6 is 0 Å². The van der Waals surface area contributed by atoms with Crippen molar-refractivity contribution in [2.24, 2.45) is 0 Å². The van der Waals surface area contributed by atoms with Gasteiger partial charge in [-0.2, -0.15) is 0 Å². The molecule has 0 fully saturated rings. The molecule has 0 aliphatic rings. The van der Waals surface area contributed by atoms with Crippen molar-refractivity contribution in [1.29, 1.82) is 0 Å². The summed E-state index contributed by atoms with van der Waals surface area (Å²) in [6, 6.07) is 13.8. The van der Waals surface area contributed by atoms with Gasteiger partial charge in [-0.05, 0) is 6.07 Å². The number of nitrogens with one attached hydrogen (secondary N) is 1. The Hall–Kier alpha value is -2.62. The van der Waals surface area contributed by atoms with E-state index in [0.717, 1.165) is 33.6 Å². The lowest BCUT2D eigenvalue weighted by molar-refractivity contribution is -0.400. The molecule has 3 aromatic rings. The summed E-state index contributed by atoms with van der Waals surface area (Å²) >= 11 is 0. The molecule has 0 atom stereocenters. The summed E-state index contributed by atoms with van der Waals surface area (Å²) in [6.07, 6.45) is 2.47. The Labute approximate surface area is 103 Å². The van der Waals surface area contributed by atoms with Crippen LogP contribution < -0.4 is 0 Å². The van der Waals surface area contributed by atoms with Crippen molar-refractivity contribution in [3.63, 3.8) is 0 Å². The molecule has 0 bridgehead atoms. The van der Waals surface area contributed by atoms with Crippen LogP contribution in [0.1, 0.15) is 5.56 Å². The molecule has 0 unspecified atom stereocenters. The second kappa shape index (κ2) is 4.00. The van der Waals surface area contributed by atoms with Crippen molar-refractivity contribution >= 4 is 27.9 Å². The zero-order valence-electron chi connectivity index (χ0n) is 9.46. The number of H-pyrrole nitrogens is 1. The van der Waals surface area contributed by atoms with Gasteiger partial charge < -0.3 is 4.98 Å². The van der Waals surface area contributed by atoms with E-state index in [1.807, 2.05) is 42.5 Å². The van der Waals surface area contributed by atoms with Gasteiger partial charge in [0.15, 0.2) is 0 Å². The Kier molecular flexibility index (Phi) is 2.34. The number of nitro groups is 1. The van der Waals surface area contributed by atoms with Crippen LogP contribution in [0.15, 0.2) is 48.7 Å². The van der Waals surface area contributed by atoms with Crippen LogP contribution in [0, 0.1) is 10.1 Å². The number of hydrogen-bond acceptors (Lipinski definition) is 2. The molecular formula is C14H10N2O2. The highest BCUT2D eigenvalue weighted by Crippen LogP contribution is 2.27. The van der Waals surface area contributed by atoms with E-state index < -0.39 is 4.92 Å². The summed E-state index contributed by atoms with van der Waals surface area (Å²) in [5, 5.41) is 12.6. The second-order valence-corrected chi connectivity index (χ2v) is 4.04. The average Bonchev–Trinajstić information content (AvgIpc) is 2.75. The molecule has 88 valence electrons. The molecule has 0 radical (unpaired) electrons. The van der Waals surface area contributed by atoms with Gasteiger partial charge in [0, 0.05) is 27.9 Å². The molecule has 2 aromatic carbocycles. The van der Waals surface area contributed by atoms with Gasteiger partial charge in [0.1, 0.15) is 0 Å². The Morgan fingerprint density at radius 3 is 2.67 bits per heavy atom. The number of rotatable bonds is 2. The minimum atomic E-state index is -0.457. The molecule has 4 heteroatoms. The SMILES string of the molecule is O=[N+]([O-])C=Cc1cccc2c1[nH]c1ccccc12. The summed E-state index contributed by atoms with van der Waals surface area (Å²) in [4.78, 5) is 13.2. The molecule has 0 amide bonds. The van der Waals surface area contributed by atoms with Crippen LogP contribution in [0.25, 0.3) is 27.9 Å². The maximum atomic E-state index is 10.4. The normalized spacial score (nSPS) is 11.6. The van der Waals surface area contributed by atoms with E-state index in [0.29, 0.717) is 0 Å². The maximum absolute atomic E-state index is 10.4. The van der Waals surface area contributed by atoms with Gasteiger partial charge in [-0.3, -0.25) is 10.1 Å². The number of para-hydroxylation sites is 2. The summed E-state index contributed by atoms with van der Waals surface area (Å²) in [6.45, 7) is 0. The minimum Gasteiger partial charge on any atom is -0.354 e. The molecule has 0 saturated carbocycles. The highest BCUT2D eigenvalue weighted by molar-refractivity contribution is 6.09. The van der Waals surface area contributed by atoms with E-state index in [1.54, 1.807) is 0 Å². The molecule has 0 saturated heterocycles. The van der Waals surface area contributed by atoms with Gasteiger partial charge in [0.2, 0.25) is 6.20 Å². The number of fused-ring (bicyclic) bond motifs is 3. The topological polar surface area (TPSA) is 58.9 Å². The van der Waals surface area contributed by atoms with Gasteiger partial charge in [-0.1, -0.05) is 36.4 Å². The molecule has 0 aliphatic heterocycles. The largest absolute Gasteiger partial charge is 0.354 e. The molecular weight excluding hydrogens is 228 g/mol. The van der Waals surface area contributed by atoms with E-state index in [9.17, 15) is 10.1 Å². The lowest BCUT2D eigenvalue weighted by Crippen LogP contribution is -1.83. The zero-order chi connectivity index (χ0) is 12.5. The van der Waals surface area contributed by atoms with Crippen molar-refractivity contribution in [1.82, 2.24) is 4.98 Å². The van der Waals surface area contributed by atoms with Crippen LogP contribution in [0.5, 0.6) is 0 Å². The van der Waals surface area contributed by atoms with Crippen molar-refractivity contribution < 1.29 is 4.92 Å². The fourth-order valence-corrected chi connectivity index (χ4v) is 2.18. The highest BCUT2D eigenvalue weighted by atomic mass is 16.6. The summed E-state index contributed by atoms with van der Waals surface area (Å²) < 4.78 is 0. The Balaban J connectivity index is 2.31. The van der Waals surface area contributed by atoms with E-state index in [-0.39, 0.29) is 0 Å². The standard InChI is InChI=1S/C14H10N2O2/c17-16(18)9-8-10-4-3-6-12-11-5-1-2-7-13(11)15-14(10)12/h1-9,15H. The first-order valence-corrected chi connectivity index (χ1v) is 5.57. The first kappa shape index (κ1) is 10.5. The quantitative estimate of drug-likeness (QED) is 0.548. The first-order valence-electron chi connectivity index (χ1n) is 5.57. The number of aromatic amines is 1. The Morgan fingerprint density at radius 1 is 1.06 bits per heavy atom. The van der Waals surface area contributed by atoms with E-state index in [4.69, 9.17) is 0 Å². The van der Waals surface area contributed by atoms with Gasteiger partial charge in [-0.15, -0.1) is 0 Å². The smallest absolute Gasteiger partial charge is 0.235 e. The van der Waals surface area contributed by atoms with Crippen molar-refractivity contribution in [2.75, 3.05) is 0 Å². The summed E-state index contributed by atoms with van der Waals surface area (Å²) in [5.41, 5.74) is 2.78. The number of hydrogen-bond donors (Lipinski definition) is 1. The third-order valence-electron chi connectivity index (χ3n) is 2.95. The third kappa shape index (κ3) is 1.64. The van der Waals surface area contributed by atoms with Crippen LogP contribution in [0.2, 0.25) is 0 Å². The fraction of sp³-hybridized carbons (Fsp3) is 0. The lowest BCUT2D eigenvalue weighted by Gasteiger charge is -1.95. The second-order valence-electron chi connectivity index (χ2n) is 4.04. The van der Waals surface area contributed by atoms with Gasteiger partial charge >= 0.3 is 0 Å². The molecule has 3 rings (SSSR count).